The first-order chi connectivity index (χ1) is 10.1. The molecule has 0 aromatic carbocycles. The number of rotatable bonds is 5. The van der Waals surface area contributed by atoms with E-state index in [0.717, 1.165) is 13.1 Å². The fraction of sp³-hybridized carbons (Fsp3) is 0.417. The molecule has 0 saturated heterocycles. The SMILES string of the molecule is CCN(CC)c1nc(Cl)nc(-n2ccc(C(=O)NC)n2)n1. The fourth-order valence-electron chi connectivity index (χ4n) is 1.76. The topological polar surface area (TPSA) is 88.8 Å². The Labute approximate surface area is 127 Å². The summed E-state index contributed by atoms with van der Waals surface area (Å²) in [5, 5.41) is 6.70. The van der Waals surface area contributed by atoms with Crippen LogP contribution in [0, 0.1) is 0 Å². The third-order valence-corrected chi connectivity index (χ3v) is 3.05. The number of halogens is 1. The van der Waals surface area contributed by atoms with Crippen molar-refractivity contribution in [2.45, 2.75) is 13.8 Å². The molecule has 0 radical (unpaired) electrons. The highest BCUT2D eigenvalue weighted by molar-refractivity contribution is 6.28. The quantitative estimate of drug-likeness (QED) is 0.883. The van der Waals surface area contributed by atoms with E-state index < -0.39 is 0 Å². The number of nitrogens with zero attached hydrogens (tertiary/aromatic N) is 6. The van der Waals surface area contributed by atoms with Crippen molar-refractivity contribution in [3.05, 3.63) is 23.2 Å². The van der Waals surface area contributed by atoms with Crippen molar-refractivity contribution in [2.75, 3.05) is 25.0 Å². The van der Waals surface area contributed by atoms with Crippen LogP contribution in [0.15, 0.2) is 12.3 Å². The number of carbonyl (C=O) groups is 1. The van der Waals surface area contributed by atoms with Crippen LogP contribution in [0.5, 0.6) is 0 Å². The maximum Gasteiger partial charge on any atom is 0.271 e. The molecule has 1 amide bonds. The van der Waals surface area contributed by atoms with Crippen LogP contribution in [0.25, 0.3) is 5.95 Å². The number of carbonyl (C=O) groups excluding carboxylic acids is 1. The summed E-state index contributed by atoms with van der Waals surface area (Å²) in [6, 6.07) is 1.58. The summed E-state index contributed by atoms with van der Waals surface area (Å²) < 4.78 is 1.39. The van der Waals surface area contributed by atoms with E-state index in [2.05, 4.69) is 25.4 Å². The van der Waals surface area contributed by atoms with E-state index in [1.54, 1.807) is 19.3 Å². The summed E-state index contributed by atoms with van der Waals surface area (Å²) in [6.07, 6.45) is 1.60. The van der Waals surface area contributed by atoms with Crippen LogP contribution in [0.4, 0.5) is 5.95 Å². The van der Waals surface area contributed by atoms with Gasteiger partial charge in [0.2, 0.25) is 11.2 Å². The Morgan fingerprint density at radius 2 is 2.05 bits per heavy atom. The van der Waals surface area contributed by atoms with Gasteiger partial charge in [0.15, 0.2) is 5.69 Å². The highest BCUT2D eigenvalue weighted by Gasteiger charge is 2.14. The molecule has 0 spiro atoms. The Kier molecular flexibility index (Phi) is 4.69. The minimum atomic E-state index is -0.280. The summed E-state index contributed by atoms with van der Waals surface area (Å²) in [5.41, 5.74) is 0.276. The molecule has 0 aliphatic rings. The molecule has 2 aromatic heterocycles. The number of nitrogens with one attached hydrogen (secondary N) is 1. The Morgan fingerprint density at radius 1 is 1.33 bits per heavy atom. The van der Waals surface area contributed by atoms with E-state index >= 15 is 0 Å². The van der Waals surface area contributed by atoms with Gasteiger partial charge in [-0.1, -0.05) is 0 Å². The molecule has 2 aromatic rings. The van der Waals surface area contributed by atoms with Crippen LogP contribution in [0.3, 0.4) is 0 Å². The fourth-order valence-corrected chi connectivity index (χ4v) is 1.92. The van der Waals surface area contributed by atoms with Gasteiger partial charge in [0.1, 0.15) is 0 Å². The van der Waals surface area contributed by atoms with E-state index in [0.29, 0.717) is 5.95 Å². The highest BCUT2D eigenvalue weighted by atomic mass is 35.5. The number of amides is 1. The van der Waals surface area contributed by atoms with Crippen LogP contribution < -0.4 is 10.2 Å². The van der Waals surface area contributed by atoms with Crippen molar-refractivity contribution in [3.63, 3.8) is 0 Å². The van der Waals surface area contributed by atoms with Crippen LogP contribution in [0.1, 0.15) is 24.3 Å². The molecule has 0 aliphatic carbocycles. The normalized spacial score (nSPS) is 10.5. The van der Waals surface area contributed by atoms with Gasteiger partial charge in [-0.05, 0) is 31.5 Å². The Balaban J connectivity index is 2.39. The van der Waals surface area contributed by atoms with Crippen LogP contribution in [0.2, 0.25) is 5.28 Å². The maximum atomic E-state index is 11.5. The van der Waals surface area contributed by atoms with E-state index in [1.165, 1.54) is 4.68 Å². The zero-order valence-electron chi connectivity index (χ0n) is 12.0. The Morgan fingerprint density at radius 3 is 2.67 bits per heavy atom. The van der Waals surface area contributed by atoms with Gasteiger partial charge in [-0.3, -0.25) is 4.79 Å². The predicted octanol–water partition coefficient (Wildman–Crippen LogP) is 0.916. The lowest BCUT2D eigenvalue weighted by molar-refractivity contribution is 0.0957. The largest absolute Gasteiger partial charge is 0.354 e. The van der Waals surface area contributed by atoms with Gasteiger partial charge in [0.05, 0.1) is 0 Å². The highest BCUT2D eigenvalue weighted by Crippen LogP contribution is 2.13. The molecule has 0 fully saturated rings. The molecule has 1 N–H and O–H groups in total. The van der Waals surface area contributed by atoms with Crippen molar-refractivity contribution in [3.8, 4) is 5.95 Å². The second-order valence-corrected chi connectivity index (χ2v) is 4.44. The van der Waals surface area contributed by atoms with Crippen molar-refractivity contribution >= 4 is 23.5 Å². The van der Waals surface area contributed by atoms with Gasteiger partial charge < -0.3 is 10.2 Å². The summed E-state index contributed by atoms with van der Waals surface area (Å²) in [7, 11) is 1.54. The first kappa shape index (κ1) is 15.2. The number of aromatic nitrogens is 5. The third kappa shape index (κ3) is 3.27. The molecule has 0 aliphatic heterocycles. The first-order valence-corrected chi connectivity index (χ1v) is 6.91. The van der Waals surface area contributed by atoms with Gasteiger partial charge in [0, 0.05) is 26.3 Å². The van der Waals surface area contributed by atoms with Gasteiger partial charge in [-0.15, -0.1) is 0 Å². The average molecular weight is 310 g/mol. The smallest absolute Gasteiger partial charge is 0.271 e. The molecule has 2 rings (SSSR count). The molecule has 0 saturated carbocycles. The van der Waals surface area contributed by atoms with Gasteiger partial charge in [0.25, 0.3) is 11.9 Å². The van der Waals surface area contributed by atoms with Crippen molar-refractivity contribution in [1.82, 2.24) is 30.0 Å². The lowest BCUT2D eigenvalue weighted by Gasteiger charge is -2.18. The second-order valence-electron chi connectivity index (χ2n) is 4.10. The van der Waals surface area contributed by atoms with Crippen LogP contribution in [-0.4, -0.2) is 50.8 Å². The summed E-state index contributed by atoms with van der Waals surface area (Å²) in [5.74, 6) is 0.469. The zero-order chi connectivity index (χ0) is 15.4. The van der Waals surface area contributed by atoms with E-state index in [-0.39, 0.29) is 22.8 Å². The molecule has 112 valence electrons. The molecule has 8 nitrogen and oxygen atoms in total. The lowest BCUT2D eigenvalue weighted by Crippen LogP contribution is -2.25. The number of hydrogen-bond donors (Lipinski definition) is 1. The minimum absolute atomic E-state index is 0.0823. The summed E-state index contributed by atoms with van der Waals surface area (Å²) >= 11 is 5.95. The maximum absolute atomic E-state index is 11.5. The van der Waals surface area contributed by atoms with E-state index in [9.17, 15) is 4.79 Å². The molecule has 0 unspecified atom stereocenters. The van der Waals surface area contributed by atoms with E-state index in [1.807, 2.05) is 18.7 Å². The third-order valence-electron chi connectivity index (χ3n) is 2.88. The van der Waals surface area contributed by atoms with Gasteiger partial charge in [-0.25, -0.2) is 4.68 Å². The summed E-state index contributed by atoms with van der Waals surface area (Å²) in [6.45, 7) is 5.49. The Bertz CT molecular complexity index is 638. The molecule has 2 heterocycles. The molecule has 0 bridgehead atoms. The van der Waals surface area contributed by atoms with Crippen molar-refractivity contribution in [2.24, 2.45) is 0 Å². The number of anilines is 1. The lowest BCUT2D eigenvalue weighted by atomic mass is 10.4. The average Bonchev–Trinajstić information content (AvgIpc) is 2.97. The minimum Gasteiger partial charge on any atom is -0.354 e. The molecule has 9 heteroatoms. The molecular weight excluding hydrogens is 294 g/mol. The molecule has 0 atom stereocenters. The van der Waals surface area contributed by atoms with Gasteiger partial charge in [-0.2, -0.15) is 20.1 Å². The zero-order valence-corrected chi connectivity index (χ0v) is 12.8. The monoisotopic (exact) mass is 309 g/mol. The molecular formula is C12H16ClN7O. The molecule has 21 heavy (non-hydrogen) atoms. The van der Waals surface area contributed by atoms with Crippen LogP contribution >= 0.6 is 11.6 Å². The van der Waals surface area contributed by atoms with Crippen molar-refractivity contribution in [1.29, 1.82) is 0 Å². The Hall–Kier alpha value is -2.22. The van der Waals surface area contributed by atoms with Crippen molar-refractivity contribution < 1.29 is 4.79 Å². The van der Waals surface area contributed by atoms with Gasteiger partial charge >= 0.3 is 0 Å². The van der Waals surface area contributed by atoms with Crippen LogP contribution in [-0.2, 0) is 0 Å². The van der Waals surface area contributed by atoms with E-state index in [4.69, 9.17) is 11.6 Å². The summed E-state index contributed by atoms with van der Waals surface area (Å²) in [4.78, 5) is 25.9. The number of hydrogen-bond acceptors (Lipinski definition) is 6. The standard InChI is InChI=1S/C12H16ClN7O/c1-4-19(5-2)11-15-10(13)16-12(17-11)20-7-6-8(18-20)9(21)14-3/h6-7H,4-5H2,1-3H3,(H,14,21). The predicted molar refractivity (Wildman–Crippen MR) is 78.9 cm³/mol. The second kappa shape index (κ2) is 6.49. The first-order valence-electron chi connectivity index (χ1n) is 6.53.